The third-order valence-electron chi connectivity index (χ3n) is 11.3. The molecular formula is C51H32N2. The summed E-state index contributed by atoms with van der Waals surface area (Å²) in [5.74, 6) is 0.718. The summed E-state index contributed by atoms with van der Waals surface area (Å²) in [6, 6.07) is 70.2. The Morgan fingerprint density at radius 1 is 0.302 bits per heavy atom. The Labute approximate surface area is 308 Å². The maximum absolute atomic E-state index is 5.13. The van der Waals surface area contributed by atoms with Crippen LogP contribution in [0.25, 0.3) is 78.1 Å². The lowest BCUT2D eigenvalue weighted by Crippen LogP contribution is -2.25. The zero-order valence-electron chi connectivity index (χ0n) is 28.9. The Morgan fingerprint density at radius 3 is 1.51 bits per heavy atom. The average Bonchev–Trinajstić information content (AvgIpc) is 3.71. The van der Waals surface area contributed by atoms with Crippen LogP contribution in [0.5, 0.6) is 0 Å². The molecule has 2 aliphatic carbocycles. The molecule has 0 unspecified atom stereocenters. The van der Waals surface area contributed by atoms with Crippen LogP contribution in [0.2, 0.25) is 0 Å². The van der Waals surface area contributed by atoms with Crippen molar-refractivity contribution in [3.63, 3.8) is 0 Å². The van der Waals surface area contributed by atoms with Gasteiger partial charge in [0.1, 0.15) is 0 Å². The maximum atomic E-state index is 5.13. The molecule has 246 valence electrons. The first-order valence-corrected chi connectivity index (χ1v) is 18.2. The van der Waals surface area contributed by atoms with Gasteiger partial charge in [0.15, 0.2) is 5.82 Å². The van der Waals surface area contributed by atoms with Gasteiger partial charge in [0, 0.05) is 16.7 Å². The lowest BCUT2D eigenvalue weighted by Gasteiger charge is -2.30. The van der Waals surface area contributed by atoms with Gasteiger partial charge in [-0.05, 0) is 78.5 Å². The summed E-state index contributed by atoms with van der Waals surface area (Å²) in [5, 5.41) is 2.37. The maximum Gasteiger partial charge on any atom is 0.160 e. The first-order chi connectivity index (χ1) is 26.3. The topological polar surface area (TPSA) is 25.8 Å². The normalized spacial score (nSPS) is 13.1. The molecule has 8 aromatic carbocycles. The van der Waals surface area contributed by atoms with Crippen molar-refractivity contribution in [1.82, 2.24) is 9.97 Å². The van der Waals surface area contributed by atoms with Gasteiger partial charge in [-0.15, -0.1) is 0 Å². The molecule has 0 aliphatic heterocycles. The van der Waals surface area contributed by atoms with Crippen molar-refractivity contribution in [3.05, 3.63) is 216 Å². The summed E-state index contributed by atoms with van der Waals surface area (Å²) in [4.78, 5) is 10.3. The van der Waals surface area contributed by atoms with E-state index in [1.165, 1.54) is 66.4 Å². The van der Waals surface area contributed by atoms with Crippen molar-refractivity contribution in [3.8, 4) is 67.3 Å². The van der Waals surface area contributed by atoms with Crippen LogP contribution >= 0.6 is 0 Å². The fourth-order valence-corrected chi connectivity index (χ4v) is 9.01. The lowest BCUT2D eigenvalue weighted by molar-refractivity contribution is 0.794. The number of fused-ring (bicyclic) bond motifs is 11. The highest BCUT2D eigenvalue weighted by Gasteiger charge is 2.51. The van der Waals surface area contributed by atoms with Crippen LogP contribution in [0.3, 0.4) is 0 Å². The van der Waals surface area contributed by atoms with Crippen molar-refractivity contribution in [2.45, 2.75) is 5.41 Å². The molecule has 0 atom stereocenters. The van der Waals surface area contributed by atoms with Crippen LogP contribution in [-0.4, -0.2) is 9.97 Å². The van der Waals surface area contributed by atoms with Gasteiger partial charge in [-0.2, -0.15) is 0 Å². The van der Waals surface area contributed by atoms with E-state index in [1.54, 1.807) is 0 Å². The van der Waals surface area contributed by atoms with Crippen LogP contribution in [-0.2, 0) is 5.41 Å². The quantitative estimate of drug-likeness (QED) is 0.186. The van der Waals surface area contributed by atoms with Gasteiger partial charge in [-0.3, -0.25) is 0 Å². The fraction of sp³-hybridized carbons (Fsp3) is 0.0196. The minimum atomic E-state index is -0.359. The summed E-state index contributed by atoms with van der Waals surface area (Å²) in [7, 11) is 0. The molecule has 0 saturated heterocycles. The van der Waals surface area contributed by atoms with Crippen molar-refractivity contribution in [2.24, 2.45) is 0 Å². The van der Waals surface area contributed by atoms with E-state index in [9.17, 15) is 0 Å². The Bertz CT molecular complexity index is 2820. The molecule has 11 rings (SSSR count). The first kappa shape index (κ1) is 29.8. The first-order valence-electron chi connectivity index (χ1n) is 18.2. The molecule has 0 fully saturated rings. The third kappa shape index (κ3) is 4.39. The minimum absolute atomic E-state index is 0.359. The second kappa shape index (κ2) is 11.6. The van der Waals surface area contributed by atoms with Gasteiger partial charge in [-0.25, -0.2) is 9.97 Å². The third-order valence-corrected chi connectivity index (χ3v) is 11.3. The smallest absolute Gasteiger partial charge is 0.160 e. The Balaban J connectivity index is 1.05. The van der Waals surface area contributed by atoms with E-state index in [2.05, 4.69) is 176 Å². The van der Waals surface area contributed by atoms with E-state index >= 15 is 0 Å². The van der Waals surface area contributed by atoms with Crippen LogP contribution in [0.1, 0.15) is 22.3 Å². The highest BCUT2D eigenvalue weighted by Crippen LogP contribution is 2.63. The summed E-state index contributed by atoms with van der Waals surface area (Å²) >= 11 is 0. The van der Waals surface area contributed by atoms with E-state index in [-0.39, 0.29) is 5.41 Å². The number of hydrogen-bond acceptors (Lipinski definition) is 2. The Hall–Kier alpha value is -6.90. The molecule has 53 heavy (non-hydrogen) atoms. The summed E-state index contributed by atoms with van der Waals surface area (Å²) in [5.41, 5.74) is 17.7. The SMILES string of the molecule is c1ccc(-c2nc(-c3ccc(-c4ccc5c(c4)C4(c6ccccc6-c6ccccc64)c4ccccc4-5)cc3)cc(-c3cccc4ccccc34)n2)cc1. The second-order valence-corrected chi connectivity index (χ2v) is 14.1. The molecule has 9 aromatic rings. The fourth-order valence-electron chi connectivity index (χ4n) is 9.01. The standard InChI is InChI=1S/C51H32N2/c1-2-14-36(15-3-1)50-52-48(32-49(53-50)43-21-12-16-34-13-4-5-17-38(34)43)35-27-25-33(26-28-35)37-29-30-42-41-20-8-11-24-46(41)51(47(42)31-37)44-22-9-6-18-39(44)40-19-7-10-23-45(40)51/h1-32H. The van der Waals surface area contributed by atoms with Crippen LogP contribution < -0.4 is 0 Å². The molecule has 0 bridgehead atoms. The molecular weight excluding hydrogens is 641 g/mol. The van der Waals surface area contributed by atoms with Gasteiger partial charge in [0.05, 0.1) is 16.8 Å². The van der Waals surface area contributed by atoms with Crippen molar-refractivity contribution < 1.29 is 0 Å². The molecule has 1 spiro atoms. The van der Waals surface area contributed by atoms with Crippen LogP contribution in [0.15, 0.2) is 194 Å². The van der Waals surface area contributed by atoms with Crippen molar-refractivity contribution >= 4 is 10.8 Å². The molecule has 2 heteroatoms. The van der Waals surface area contributed by atoms with E-state index < -0.39 is 0 Å². The Kier molecular flexibility index (Phi) is 6.50. The molecule has 1 heterocycles. The number of nitrogens with zero attached hydrogens (tertiary/aromatic N) is 2. The number of hydrogen-bond donors (Lipinski definition) is 0. The minimum Gasteiger partial charge on any atom is -0.228 e. The largest absolute Gasteiger partial charge is 0.228 e. The summed E-state index contributed by atoms with van der Waals surface area (Å²) in [6.07, 6.45) is 0. The number of rotatable bonds is 4. The molecule has 2 nitrogen and oxygen atoms in total. The van der Waals surface area contributed by atoms with E-state index in [0.29, 0.717) is 0 Å². The van der Waals surface area contributed by atoms with Gasteiger partial charge < -0.3 is 0 Å². The lowest BCUT2D eigenvalue weighted by atomic mass is 9.70. The predicted octanol–water partition coefficient (Wildman–Crippen LogP) is 12.6. The summed E-state index contributed by atoms with van der Waals surface area (Å²) < 4.78 is 0. The molecule has 0 N–H and O–H groups in total. The highest BCUT2D eigenvalue weighted by molar-refractivity contribution is 5.97. The van der Waals surface area contributed by atoms with Gasteiger partial charge >= 0.3 is 0 Å². The van der Waals surface area contributed by atoms with Gasteiger partial charge in [-0.1, -0.05) is 182 Å². The van der Waals surface area contributed by atoms with Gasteiger partial charge in [0.2, 0.25) is 0 Å². The number of benzene rings is 8. The zero-order valence-corrected chi connectivity index (χ0v) is 28.9. The molecule has 0 saturated carbocycles. The van der Waals surface area contributed by atoms with E-state index in [1.807, 2.05) is 18.2 Å². The second-order valence-electron chi connectivity index (χ2n) is 14.1. The van der Waals surface area contributed by atoms with E-state index in [4.69, 9.17) is 9.97 Å². The van der Waals surface area contributed by atoms with Gasteiger partial charge in [0.25, 0.3) is 0 Å². The zero-order chi connectivity index (χ0) is 34.9. The molecule has 0 radical (unpaired) electrons. The van der Waals surface area contributed by atoms with E-state index in [0.717, 1.165) is 33.9 Å². The summed E-state index contributed by atoms with van der Waals surface area (Å²) in [6.45, 7) is 0. The van der Waals surface area contributed by atoms with Crippen LogP contribution in [0.4, 0.5) is 0 Å². The number of aromatic nitrogens is 2. The molecule has 0 amide bonds. The average molecular weight is 673 g/mol. The molecule has 2 aliphatic rings. The van der Waals surface area contributed by atoms with Crippen molar-refractivity contribution in [2.75, 3.05) is 0 Å². The van der Waals surface area contributed by atoms with Crippen molar-refractivity contribution in [1.29, 1.82) is 0 Å². The predicted molar refractivity (Wildman–Crippen MR) is 218 cm³/mol. The highest BCUT2D eigenvalue weighted by atomic mass is 14.9. The Morgan fingerprint density at radius 2 is 0.811 bits per heavy atom. The molecule has 1 aromatic heterocycles. The van der Waals surface area contributed by atoms with Crippen LogP contribution in [0, 0.1) is 0 Å². The monoisotopic (exact) mass is 672 g/mol.